The van der Waals surface area contributed by atoms with Crippen molar-refractivity contribution in [3.63, 3.8) is 0 Å². The molecule has 2 aromatic rings. The van der Waals surface area contributed by atoms with E-state index in [1.807, 2.05) is 6.07 Å². The number of benzene rings is 1. The maximum Gasteiger partial charge on any atom is 0.344 e. The number of rotatable bonds is 7. The molecule has 1 aliphatic heterocycles. The number of nitrogens with zero attached hydrogens (tertiary/aromatic N) is 4. The van der Waals surface area contributed by atoms with Crippen molar-refractivity contribution in [1.29, 1.82) is 0 Å². The van der Waals surface area contributed by atoms with Crippen molar-refractivity contribution in [2.45, 2.75) is 45.6 Å². The van der Waals surface area contributed by atoms with Crippen LogP contribution in [-0.2, 0) is 31.7 Å². The summed E-state index contributed by atoms with van der Waals surface area (Å²) in [6.07, 6.45) is 3.49. The Hall–Kier alpha value is -2.92. The predicted octanol–water partition coefficient (Wildman–Crippen LogP) is 2.44. The van der Waals surface area contributed by atoms with Crippen molar-refractivity contribution in [3.05, 3.63) is 35.8 Å². The van der Waals surface area contributed by atoms with Crippen molar-refractivity contribution >= 4 is 39.1 Å². The van der Waals surface area contributed by atoms with Gasteiger partial charge in [0.05, 0.1) is 28.5 Å². The van der Waals surface area contributed by atoms with Crippen LogP contribution in [-0.4, -0.2) is 55.5 Å². The second-order valence-corrected chi connectivity index (χ2v) is 10.8. The number of carboxylic acid groups (broad SMARTS) is 1. The zero-order chi connectivity index (χ0) is 24.4. The highest BCUT2D eigenvalue weighted by Crippen LogP contribution is 2.31. The van der Waals surface area contributed by atoms with E-state index in [1.165, 1.54) is 7.05 Å². The molecule has 180 valence electrons. The molecule has 0 atom stereocenters. The Labute approximate surface area is 193 Å². The Morgan fingerprint density at radius 1 is 1.36 bits per heavy atom. The third-order valence-corrected chi connectivity index (χ3v) is 6.92. The molecule has 3 N–H and O–H groups in total. The molecule has 0 bridgehead atoms. The van der Waals surface area contributed by atoms with Crippen molar-refractivity contribution in [1.82, 2.24) is 9.55 Å². The van der Waals surface area contributed by atoms with Crippen LogP contribution in [0.25, 0.3) is 11.0 Å². The lowest BCUT2D eigenvalue weighted by atomic mass is 9.94. The molecule has 0 saturated carbocycles. The summed E-state index contributed by atoms with van der Waals surface area (Å²) in [4.78, 5) is 15.9. The molecule has 1 aromatic carbocycles. The summed E-state index contributed by atoms with van der Waals surface area (Å²) in [5.74, 6) is 0.0579. The summed E-state index contributed by atoms with van der Waals surface area (Å²) in [5.41, 5.74) is 6.57. The van der Waals surface area contributed by atoms with E-state index in [2.05, 4.69) is 29.7 Å². The zero-order valence-electron chi connectivity index (χ0n) is 19.4. The maximum absolute atomic E-state index is 12.6. The van der Waals surface area contributed by atoms with Gasteiger partial charge >= 0.3 is 16.2 Å². The van der Waals surface area contributed by atoms with E-state index in [0.29, 0.717) is 23.3 Å². The predicted molar refractivity (Wildman–Crippen MR) is 128 cm³/mol. The van der Waals surface area contributed by atoms with Crippen LogP contribution >= 0.6 is 0 Å². The van der Waals surface area contributed by atoms with Crippen LogP contribution in [0.4, 0.5) is 5.69 Å². The quantitative estimate of drug-likeness (QED) is 0.461. The topological polar surface area (TPSA) is 140 Å². The number of ether oxygens (including phenoxy) is 1. The Kier molecular flexibility index (Phi) is 7.13. The molecule has 1 saturated heterocycles. The standard InChI is InChI=1S/C22H31N5O5S/c1-22(2,3)21-25-18-11-17(26(4)33(30,31)24-13-16(12-23)20(28)29)5-6-19(18)27(21)14-15-7-9-32-10-8-15/h5-6,11-13,15H,7-10,14,23H2,1-4H3,(H,28,29). The molecule has 0 radical (unpaired) electrons. The third-order valence-electron chi connectivity index (χ3n) is 5.65. The second-order valence-electron chi connectivity index (χ2n) is 9.13. The van der Waals surface area contributed by atoms with Gasteiger partial charge in [0.2, 0.25) is 0 Å². The number of aliphatic carboxylic acids is 1. The lowest BCUT2D eigenvalue weighted by molar-refractivity contribution is -0.132. The molecule has 0 spiro atoms. The van der Waals surface area contributed by atoms with E-state index in [4.69, 9.17) is 20.6 Å². The van der Waals surface area contributed by atoms with E-state index < -0.39 is 21.8 Å². The fourth-order valence-corrected chi connectivity index (χ4v) is 4.52. The molecule has 0 aliphatic carbocycles. The van der Waals surface area contributed by atoms with E-state index in [0.717, 1.165) is 54.4 Å². The lowest BCUT2D eigenvalue weighted by Gasteiger charge is -2.26. The molecular weight excluding hydrogens is 446 g/mol. The molecular formula is C22H31N5O5S. The third kappa shape index (κ3) is 5.53. The van der Waals surface area contributed by atoms with Gasteiger partial charge in [-0.1, -0.05) is 20.8 Å². The molecule has 1 fully saturated rings. The summed E-state index contributed by atoms with van der Waals surface area (Å²) in [7, 11) is -2.83. The first kappa shape index (κ1) is 24.7. The second kappa shape index (κ2) is 9.52. The Balaban J connectivity index is 1.97. The molecule has 33 heavy (non-hydrogen) atoms. The van der Waals surface area contributed by atoms with Crippen molar-refractivity contribution in [2.75, 3.05) is 24.6 Å². The summed E-state index contributed by atoms with van der Waals surface area (Å²) in [6, 6.07) is 5.26. The average molecular weight is 478 g/mol. The van der Waals surface area contributed by atoms with Crippen LogP contribution in [0.2, 0.25) is 0 Å². The highest BCUT2D eigenvalue weighted by molar-refractivity contribution is 7.91. The summed E-state index contributed by atoms with van der Waals surface area (Å²) < 4.78 is 37.4. The maximum atomic E-state index is 12.6. The van der Waals surface area contributed by atoms with Gasteiger partial charge in [-0.05, 0) is 37.0 Å². The van der Waals surface area contributed by atoms with Gasteiger partial charge in [-0.15, -0.1) is 0 Å². The number of hydrogen-bond acceptors (Lipinski definition) is 6. The van der Waals surface area contributed by atoms with Gasteiger partial charge < -0.3 is 20.1 Å². The highest BCUT2D eigenvalue weighted by atomic mass is 32.2. The van der Waals surface area contributed by atoms with Crippen LogP contribution in [0.5, 0.6) is 0 Å². The van der Waals surface area contributed by atoms with Gasteiger partial charge in [0.1, 0.15) is 5.82 Å². The van der Waals surface area contributed by atoms with Crippen LogP contribution in [0, 0.1) is 5.92 Å². The summed E-state index contributed by atoms with van der Waals surface area (Å²) in [6.45, 7) is 8.66. The van der Waals surface area contributed by atoms with Crippen molar-refractivity contribution in [2.24, 2.45) is 16.0 Å². The summed E-state index contributed by atoms with van der Waals surface area (Å²) >= 11 is 0. The largest absolute Gasteiger partial charge is 0.478 e. The van der Waals surface area contributed by atoms with Crippen molar-refractivity contribution < 1.29 is 23.1 Å². The van der Waals surface area contributed by atoms with Gasteiger partial charge in [-0.3, -0.25) is 4.31 Å². The smallest absolute Gasteiger partial charge is 0.344 e. The van der Waals surface area contributed by atoms with E-state index in [1.54, 1.807) is 12.1 Å². The first-order chi connectivity index (χ1) is 15.4. The molecule has 0 unspecified atom stereocenters. The molecule has 11 heteroatoms. The number of fused-ring (bicyclic) bond motifs is 1. The van der Waals surface area contributed by atoms with Gasteiger partial charge in [-0.2, -0.15) is 12.8 Å². The zero-order valence-corrected chi connectivity index (χ0v) is 20.2. The Bertz CT molecular complexity index is 1190. The number of carbonyl (C=O) groups is 1. The van der Waals surface area contributed by atoms with Gasteiger partial charge in [0.15, 0.2) is 0 Å². The molecule has 10 nitrogen and oxygen atoms in total. The molecule has 0 amide bonds. The fourth-order valence-electron chi connectivity index (χ4n) is 3.76. The van der Waals surface area contributed by atoms with E-state index >= 15 is 0 Å². The van der Waals surface area contributed by atoms with Crippen LogP contribution in [0.1, 0.15) is 39.4 Å². The lowest BCUT2D eigenvalue weighted by Crippen LogP contribution is -2.25. The first-order valence-corrected chi connectivity index (χ1v) is 12.1. The van der Waals surface area contributed by atoms with Crippen LogP contribution < -0.4 is 10.0 Å². The number of anilines is 1. The molecule has 3 rings (SSSR count). The minimum Gasteiger partial charge on any atom is -0.478 e. The number of hydrogen-bond donors (Lipinski definition) is 2. The molecule has 1 aromatic heterocycles. The Morgan fingerprint density at radius 3 is 2.61 bits per heavy atom. The first-order valence-electron chi connectivity index (χ1n) is 10.7. The normalized spacial score (nSPS) is 16.5. The minimum absolute atomic E-state index is 0.200. The van der Waals surface area contributed by atoms with Gasteiger partial charge in [0.25, 0.3) is 0 Å². The fraction of sp³-hybridized carbons (Fsp3) is 0.500. The number of aromatic nitrogens is 2. The monoisotopic (exact) mass is 477 g/mol. The van der Waals surface area contributed by atoms with Gasteiger partial charge in [0, 0.05) is 38.4 Å². The van der Waals surface area contributed by atoms with Crippen LogP contribution in [0.15, 0.2) is 34.4 Å². The average Bonchev–Trinajstić information content (AvgIpc) is 3.12. The SMILES string of the molecule is CN(c1ccc2c(c1)nc(C(C)(C)C)n2CC1CCOCC1)S(=O)(=O)N=CC(=CN)C(=O)O. The van der Waals surface area contributed by atoms with E-state index in [9.17, 15) is 13.2 Å². The highest BCUT2D eigenvalue weighted by Gasteiger charge is 2.26. The minimum atomic E-state index is -4.18. The van der Waals surface area contributed by atoms with Crippen LogP contribution in [0.3, 0.4) is 0 Å². The van der Waals surface area contributed by atoms with Gasteiger partial charge in [-0.25, -0.2) is 9.78 Å². The summed E-state index contributed by atoms with van der Waals surface area (Å²) in [5, 5.41) is 8.99. The molecule has 2 heterocycles. The number of imidazole rings is 1. The number of carboxylic acids is 1. The number of nitrogens with two attached hydrogens (primary N) is 1. The molecule has 1 aliphatic rings. The van der Waals surface area contributed by atoms with Crippen molar-refractivity contribution in [3.8, 4) is 0 Å². The van der Waals surface area contributed by atoms with E-state index in [-0.39, 0.29) is 5.41 Å². The Morgan fingerprint density at radius 2 is 2.03 bits per heavy atom.